The Kier molecular flexibility index (Phi) is 4.19. The average molecular weight is 390 g/mol. The Morgan fingerprint density at radius 2 is 2.04 bits per heavy atom. The number of nitrogens with zero attached hydrogens (tertiary/aromatic N) is 1. The summed E-state index contributed by atoms with van der Waals surface area (Å²) in [6.45, 7) is 3.82. The molecule has 0 radical (unpaired) electrons. The normalized spacial score (nSPS) is 16.5. The molecule has 0 bridgehead atoms. The first-order valence-electron chi connectivity index (χ1n) is 8.54. The van der Waals surface area contributed by atoms with Crippen molar-refractivity contribution in [2.45, 2.75) is 32.2 Å². The van der Waals surface area contributed by atoms with Crippen LogP contribution in [0.4, 0.5) is 10.2 Å². The molecule has 0 saturated heterocycles. The van der Waals surface area contributed by atoms with E-state index in [1.807, 2.05) is 13.8 Å². The highest BCUT2D eigenvalue weighted by atomic mass is 35.5. The number of rotatable bonds is 3. The zero-order valence-corrected chi connectivity index (χ0v) is 15.4. The number of aromatic amines is 1. The van der Waals surface area contributed by atoms with Gasteiger partial charge < -0.3 is 9.73 Å². The SMILES string of the molecule is CC(C)n1[nH]c(=O)c2c1NC(=O)C[C@@H]2c1ccc(-c2ccc(F)c(Cl)c2)o1. The summed E-state index contributed by atoms with van der Waals surface area (Å²) < 4.78 is 20.9. The average Bonchev–Trinajstić information content (AvgIpc) is 3.22. The van der Waals surface area contributed by atoms with Crippen LogP contribution in [-0.2, 0) is 4.79 Å². The third-order valence-electron chi connectivity index (χ3n) is 4.65. The Morgan fingerprint density at radius 3 is 2.74 bits per heavy atom. The van der Waals surface area contributed by atoms with Gasteiger partial charge in [0.2, 0.25) is 5.91 Å². The summed E-state index contributed by atoms with van der Waals surface area (Å²) in [4.78, 5) is 24.7. The molecule has 0 fully saturated rings. The molecule has 8 heteroatoms. The summed E-state index contributed by atoms with van der Waals surface area (Å²) >= 11 is 5.84. The fourth-order valence-corrected chi connectivity index (χ4v) is 3.54. The second kappa shape index (κ2) is 6.42. The first kappa shape index (κ1) is 17.6. The van der Waals surface area contributed by atoms with Crippen molar-refractivity contribution in [1.29, 1.82) is 0 Å². The van der Waals surface area contributed by atoms with E-state index in [9.17, 15) is 14.0 Å². The molecule has 2 N–H and O–H groups in total. The molecule has 140 valence electrons. The van der Waals surface area contributed by atoms with Crippen LogP contribution < -0.4 is 10.9 Å². The van der Waals surface area contributed by atoms with Crippen LogP contribution in [0.15, 0.2) is 39.5 Å². The van der Waals surface area contributed by atoms with E-state index in [2.05, 4.69) is 10.4 Å². The number of aromatic nitrogens is 2. The standard InChI is InChI=1S/C19H17ClFN3O3/c1-9(2)24-18-17(19(26)23-24)11(8-16(25)22-18)15-6-5-14(27-15)10-3-4-13(21)12(20)7-10/h3-7,9,11H,8H2,1-2H3,(H,22,25)(H,23,26)/t11-/m1/s1. The van der Waals surface area contributed by atoms with Gasteiger partial charge in [0.1, 0.15) is 23.2 Å². The second-order valence-corrected chi connectivity index (χ2v) is 7.21. The maximum atomic E-state index is 13.4. The van der Waals surface area contributed by atoms with Crippen LogP contribution in [0.3, 0.4) is 0 Å². The molecular weight excluding hydrogens is 373 g/mol. The third-order valence-corrected chi connectivity index (χ3v) is 4.94. The zero-order chi connectivity index (χ0) is 19.3. The quantitative estimate of drug-likeness (QED) is 0.701. The summed E-state index contributed by atoms with van der Waals surface area (Å²) in [5, 5.41) is 5.54. The lowest BCUT2D eigenvalue weighted by atomic mass is 9.92. The number of nitrogens with one attached hydrogen (secondary N) is 2. The van der Waals surface area contributed by atoms with Gasteiger partial charge >= 0.3 is 0 Å². The molecular formula is C19H17ClFN3O3. The molecule has 1 amide bonds. The fourth-order valence-electron chi connectivity index (χ4n) is 3.36. The summed E-state index contributed by atoms with van der Waals surface area (Å²) in [5.74, 6) is 0.250. The summed E-state index contributed by atoms with van der Waals surface area (Å²) in [6.07, 6.45) is 0.106. The molecule has 27 heavy (non-hydrogen) atoms. The van der Waals surface area contributed by atoms with Gasteiger partial charge in [-0.3, -0.25) is 19.4 Å². The number of amides is 1. The molecule has 1 aliphatic heterocycles. The van der Waals surface area contributed by atoms with Crippen LogP contribution in [0.5, 0.6) is 0 Å². The van der Waals surface area contributed by atoms with Gasteiger partial charge in [-0.05, 0) is 44.2 Å². The van der Waals surface area contributed by atoms with Crippen molar-refractivity contribution in [3.63, 3.8) is 0 Å². The number of hydrogen-bond acceptors (Lipinski definition) is 3. The van der Waals surface area contributed by atoms with E-state index < -0.39 is 11.7 Å². The highest BCUT2D eigenvalue weighted by Crippen LogP contribution is 2.38. The van der Waals surface area contributed by atoms with Gasteiger partial charge in [0.15, 0.2) is 0 Å². The lowest BCUT2D eigenvalue weighted by Crippen LogP contribution is -2.27. The van der Waals surface area contributed by atoms with Crippen LogP contribution >= 0.6 is 11.6 Å². The largest absolute Gasteiger partial charge is 0.460 e. The Bertz CT molecular complexity index is 1100. The lowest BCUT2D eigenvalue weighted by molar-refractivity contribution is -0.116. The first-order chi connectivity index (χ1) is 12.8. The highest BCUT2D eigenvalue weighted by Gasteiger charge is 2.34. The molecule has 1 aromatic carbocycles. The van der Waals surface area contributed by atoms with E-state index in [0.29, 0.717) is 28.5 Å². The molecule has 4 rings (SSSR count). The molecule has 1 atom stereocenters. The van der Waals surface area contributed by atoms with Crippen molar-refractivity contribution in [3.8, 4) is 11.3 Å². The van der Waals surface area contributed by atoms with Crippen molar-refractivity contribution >= 4 is 23.3 Å². The molecule has 0 unspecified atom stereocenters. The Hall–Kier alpha value is -2.80. The lowest BCUT2D eigenvalue weighted by Gasteiger charge is -2.22. The van der Waals surface area contributed by atoms with Crippen molar-refractivity contribution < 1.29 is 13.6 Å². The highest BCUT2D eigenvalue weighted by molar-refractivity contribution is 6.31. The van der Waals surface area contributed by atoms with Crippen molar-refractivity contribution in [1.82, 2.24) is 9.78 Å². The van der Waals surface area contributed by atoms with Crippen LogP contribution in [0.2, 0.25) is 5.02 Å². The maximum Gasteiger partial charge on any atom is 0.270 e. The number of H-pyrrole nitrogens is 1. The van der Waals surface area contributed by atoms with Gasteiger partial charge in [-0.15, -0.1) is 0 Å². The predicted molar refractivity (Wildman–Crippen MR) is 99.6 cm³/mol. The van der Waals surface area contributed by atoms with Gasteiger partial charge in [-0.1, -0.05) is 11.6 Å². The molecule has 1 aliphatic rings. The monoisotopic (exact) mass is 389 g/mol. The molecule has 2 aromatic heterocycles. The summed E-state index contributed by atoms with van der Waals surface area (Å²) in [7, 11) is 0. The van der Waals surface area contributed by atoms with Crippen molar-refractivity contribution in [2.24, 2.45) is 0 Å². The van der Waals surface area contributed by atoms with Crippen LogP contribution in [-0.4, -0.2) is 15.7 Å². The first-order valence-corrected chi connectivity index (χ1v) is 8.92. The van der Waals surface area contributed by atoms with Gasteiger partial charge in [-0.25, -0.2) is 4.39 Å². The predicted octanol–water partition coefficient (Wildman–Crippen LogP) is 4.28. The van der Waals surface area contributed by atoms with E-state index in [1.54, 1.807) is 22.9 Å². The Balaban J connectivity index is 1.77. The van der Waals surface area contributed by atoms with Crippen molar-refractivity contribution in [3.05, 3.63) is 62.8 Å². The minimum Gasteiger partial charge on any atom is -0.460 e. The topological polar surface area (TPSA) is 80.0 Å². The van der Waals surface area contributed by atoms with E-state index >= 15 is 0 Å². The third kappa shape index (κ3) is 2.98. The Morgan fingerprint density at radius 1 is 1.26 bits per heavy atom. The number of carbonyl (C=O) groups is 1. The van der Waals surface area contributed by atoms with Crippen LogP contribution in [0.1, 0.15) is 43.6 Å². The number of benzene rings is 1. The number of carbonyl (C=O) groups excluding carboxylic acids is 1. The number of anilines is 1. The van der Waals surface area contributed by atoms with Gasteiger partial charge in [0, 0.05) is 18.0 Å². The van der Waals surface area contributed by atoms with Crippen molar-refractivity contribution in [2.75, 3.05) is 5.32 Å². The van der Waals surface area contributed by atoms with E-state index in [1.165, 1.54) is 12.1 Å². The van der Waals surface area contributed by atoms with Crippen LogP contribution in [0.25, 0.3) is 11.3 Å². The number of furan rings is 1. The maximum absolute atomic E-state index is 13.4. The molecule has 0 aliphatic carbocycles. The Labute approximate surface area is 158 Å². The fraction of sp³-hybridized carbons (Fsp3) is 0.263. The minimum atomic E-state index is -0.512. The summed E-state index contributed by atoms with van der Waals surface area (Å²) in [5.41, 5.74) is 0.828. The minimum absolute atomic E-state index is 0.00441. The van der Waals surface area contributed by atoms with E-state index in [4.69, 9.17) is 16.0 Å². The smallest absolute Gasteiger partial charge is 0.270 e. The summed E-state index contributed by atoms with van der Waals surface area (Å²) in [6, 6.07) is 7.73. The van der Waals surface area contributed by atoms with E-state index in [0.717, 1.165) is 0 Å². The zero-order valence-electron chi connectivity index (χ0n) is 14.7. The molecule has 0 spiro atoms. The van der Waals surface area contributed by atoms with Gasteiger partial charge in [-0.2, -0.15) is 0 Å². The number of hydrogen-bond donors (Lipinski definition) is 2. The van der Waals surface area contributed by atoms with E-state index in [-0.39, 0.29) is 29.0 Å². The molecule has 3 heterocycles. The van der Waals surface area contributed by atoms with Gasteiger partial charge in [0.05, 0.1) is 16.5 Å². The molecule has 0 saturated carbocycles. The molecule has 6 nitrogen and oxygen atoms in total. The number of fused-ring (bicyclic) bond motifs is 1. The molecule has 3 aromatic rings. The van der Waals surface area contributed by atoms with Crippen LogP contribution in [0, 0.1) is 5.82 Å². The second-order valence-electron chi connectivity index (χ2n) is 6.80. The number of halogens is 2. The van der Waals surface area contributed by atoms with Gasteiger partial charge in [0.25, 0.3) is 5.56 Å².